The first-order chi connectivity index (χ1) is 10.8. The smallest absolute Gasteiger partial charge is 0.243 e. The number of fused-ring (bicyclic) bond motifs is 1. The van der Waals surface area contributed by atoms with Gasteiger partial charge in [0, 0.05) is 25.2 Å². The molecule has 3 N–H and O–H groups in total. The summed E-state index contributed by atoms with van der Waals surface area (Å²) in [6, 6.07) is 3.55. The summed E-state index contributed by atoms with van der Waals surface area (Å²) in [5, 5.41) is 6.20. The third-order valence-corrected chi connectivity index (χ3v) is 4.67. The third kappa shape index (κ3) is 3.72. The van der Waals surface area contributed by atoms with E-state index in [2.05, 4.69) is 20.6 Å². The van der Waals surface area contributed by atoms with Gasteiger partial charge in [0.25, 0.3) is 0 Å². The number of H-pyrrole nitrogens is 1. The van der Waals surface area contributed by atoms with Gasteiger partial charge in [0.05, 0.1) is 24.0 Å². The molecule has 0 aromatic carbocycles. The van der Waals surface area contributed by atoms with E-state index in [1.54, 1.807) is 12.6 Å². The number of carbonyl (C=O) groups excluding carboxylic acids is 1. The summed E-state index contributed by atoms with van der Waals surface area (Å²) < 4.78 is 5.27. The molecule has 22 heavy (non-hydrogen) atoms. The highest BCUT2D eigenvalue weighted by Gasteiger charge is 2.27. The van der Waals surface area contributed by atoms with Crippen molar-refractivity contribution in [3.05, 3.63) is 41.9 Å². The molecule has 0 bridgehead atoms. The lowest BCUT2D eigenvalue weighted by atomic mass is 10.1. The molecule has 7 heteroatoms. The molecule has 118 valence electrons. The van der Waals surface area contributed by atoms with Gasteiger partial charge in [-0.3, -0.25) is 4.79 Å². The van der Waals surface area contributed by atoms with Gasteiger partial charge in [-0.1, -0.05) is 0 Å². The molecule has 3 heterocycles. The Morgan fingerprint density at radius 3 is 3.36 bits per heavy atom. The van der Waals surface area contributed by atoms with Crippen molar-refractivity contribution >= 4 is 17.7 Å². The number of imidazole rings is 1. The van der Waals surface area contributed by atoms with E-state index >= 15 is 0 Å². The highest BCUT2D eigenvalue weighted by Crippen LogP contribution is 2.19. The molecule has 0 unspecified atom stereocenters. The number of aromatic nitrogens is 2. The predicted octanol–water partition coefficient (Wildman–Crippen LogP) is 1.63. The van der Waals surface area contributed by atoms with Crippen LogP contribution in [-0.4, -0.2) is 34.7 Å². The van der Waals surface area contributed by atoms with E-state index < -0.39 is 0 Å². The average Bonchev–Trinajstić information content (AvgIpc) is 3.20. The Hall–Kier alpha value is -1.73. The van der Waals surface area contributed by atoms with Crippen LogP contribution in [0, 0.1) is 0 Å². The first-order valence-electron chi connectivity index (χ1n) is 7.48. The monoisotopic (exact) mass is 320 g/mol. The van der Waals surface area contributed by atoms with Gasteiger partial charge in [-0.15, -0.1) is 0 Å². The Bertz CT molecular complexity index is 596. The van der Waals surface area contributed by atoms with Crippen LogP contribution in [0.15, 0.2) is 29.1 Å². The minimum absolute atomic E-state index is 0.00378. The number of thioether (sulfide) groups is 1. The average molecular weight is 320 g/mol. The molecule has 2 aromatic heterocycles. The Kier molecular flexibility index (Phi) is 5.18. The van der Waals surface area contributed by atoms with Crippen LogP contribution in [0.5, 0.6) is 0 Å². The zero-order chi connectivity index (χ0) is 15.2. The van der Waals surface area contributed by atoms with Crippen molar-refractivity contribution in [2.45, 2.75) is 24.6 Å². The van der Waals surface area contributed by atoms with Crippen molar-refractivity contribution in [1.82, 2.24) is 20.6 Å². The number of nitrogens with one attached hydrogen (secondary N) is 3. The van der Waals surface area contributed by atoms with E-state index in [4.69, 9.17) is 4.42 Å². The Morgan fingerprint density at radius 1 is 1.55 bits per heavy atom. The molecule has 0 radical (unpaired) electrons. The minimum Gasteiger partial charge on any atom is -0.468 e. The number of hydrogen-bond donors (Lipinski definition) is 3. The number of carbonyl (C=O) groups is 1. The zero-order valence-electron chi connectivity index (χ0n) is 12.3. The molecule has 1 aliphatic rings. The molecule has 1 amide bonds. The second-order valence-electron chi connectivity index (χ2n) is 5.18. The maximum absolute atomic E-state index is 12.2. The van der Waals surface area contributed by atoms with Gasteiger partial charge in [-0.25, -0.2) is 4.98 Å². The maximum atomic E-state index is 12.2. The Morgan fingerprint density at radius 2 is 2.50 bits per heavy atom. The molecule has 2 aromatic rings. The molecular formula is C15H20N4O2S. The lowest BCUT2D eigenvalue weighted by molar-refractivity contribution is -0.123. The number of nitrogens with zero attached hydrogens (tertiary/aromatic N) is 1. The lowest BCUT2D eigenvalue weighted by Crippen LogP contribution is -2.41. The summed E-state index contributed by atoms with van der Waals surface area (Å²) in [6.07, 6.45) is 5.18. The molecule has 0 fully saturated rings. The number of rotatable bonds is 7. The molecular weight excluding hydrogens is 300 g/mol. The molecule has 0 aliphatic carbocycles. The largest absolute Gasteiger partial charge is 0.468 e. The van der Waals surface area contributed by atoms with Gasteiger partial charge in [0.2, 0.25) is 5.91 Å². The van der Waals surface area contributed by atoms with E-state index in [1.807, 2.05) is 23.9 Å². The predicted molar refractivity (Wildman–Crippen MR) is 85.5 cm³/mol. The fraction of sp³-hybridized carbons (Fsp3) is 0.467. The van der Waals surface area contributed by atoms with Gasteiger partial charge in [0.1, 0.15) is 11.8 Å². The molecule has 1 atom stereocenters. The van der Waals surface area contributed by atoms with Crippen LogP contribution in [0.2, 0.25) is 0 Å². The summed E-state index contributed by atoms with van der Waals surface area (Å²) in [5.74, 6) is 2.87. The van der Waals surface area contributed by atoms with Crippen molar-refractivity contribution in [3.63, 3.8) is 0 Å². The first kappa shape index (κ1) is 15.2. The van der Waals surface area contributed by atoms with Crippen molar-refractivity contribution in [2.75, 3.05) is 18.8 Å². The number of furan rings is 1. The van der Waals surface area contributed by atoms with Crippen LogP contribution in [0.3, 0.4) is 0 Å². The molecule has 0 spiro atoms. The second-order valence-corrected chi connectivity index (χ2v) is 6.29. The van der Waals surface area contributed by atoms with Crippen LogP contribution in [0.25, 0.3) is 0 Å². The highest BCUT2D eigenvalue weighted by molar-refractivity contribution is 7.98. The van der Waals surface area contributed by atoms with Gasteiger partial charge in [-0.05, 0) is 24.3 Å². The van der Waals surface area contributed by atoms with Crippen molar-refractivity contribution in [3.8, 4) is 0 Å². The van der Waals surface area contributed by atoms with E-state index in [1.165, 1.54) is 0 Å². The fourth-order valence-corrected chi connectivity index (χ4v) is 3.35. The van der Waals surface area contributed by atoms with E-state index in [0.717, 1.165) is 48.0 Å². The number of aromatic amines is 1. The van der Waals surface area contributed by atoms with Crippen LogP contribution in [0.1, 0.15) is 29.6 Å². The SMILES string of the molecule is O=C(NCCCSCc1ccco1)[C@@H]1NCCc2[nH]cnc21. The zero-order valence-corrected chi connectivity index (χ0v) is 13.1. The normalized spacial score (nSPS) is 17.2. The van der Waals surface area contributed by atoms with E-state index in [-0.39, 0.29) is 11.9 Å². The van der Waals surface area contributed by atoms with Crippen LogP contribution in [0.4, 0.5) is 0 Å². The topological polar surface area (TPSA) is 83.0 Å². The summed E-state index contributed by atoms with van der Waals surface area (Å²) in [6.45, 7) is 1.48. The summed E-state index contributed by atoms with van der Waals surface area (Å²) >= 11 is 1.81. The highest BCUT2D eigenvalue weighted by atomic mass is 32.2. The molecule has 0 saturated heterocycles. The quantitative estimate of drug-likeness (QED) is 0.675. The number of amides is 1. The third-order valence-electron chi connectivity index (χ3n) is 3.60. The van der Waals surface area contributed by atoms with Crippen molar-refractivity contribution in [1.29, 1.82) is 0 Å². The molecule has 0 saturated carbocycles. The molecule has 1 aliphatic heterocycles. The lowest BCUT2D eigenvalue weighted by Gasteiger charge is -2.22. The van der Waals surface area contributed by atoms with Crippen molar-refractivity contribution in [2.24, 2.45) is 0 Å². The Labute approximate surface area is 133 Å². The fourth-order valence-electron chi connectivity index (χ4n) is 2.49. The van der Waals surface area contributed by atoms with Gasteiger partial charge < -0.3 is 20.0 Å². The molecule has 6 nitrogen and oxygen atoms in total. The van der Waals surface area contributed by atoms with Crippen LogP contribution in [-0.2, 0) is 17.0 Å². The summed E-state index contributed by atoms with van der Waals surface area (Å²) in [7, 11) is 0. The minimum atomic E-state index is -0.328. The first-order valence-corrected chi connectivity index (χ1v) is 8.63. The second kappa shape index (κ2) is 7.51. The Balaban J connectivity index is 1.35. The van der Waals surface area contributed by atoms with Crippen LogP contribution >= 0.6 is 11.8 Å². The molecule has 3 rings (SSSR count). The van der Waals surface area contributed by atoms with Crippen LogP contribution < -0.4 is 10.6 Å². The van der Waals surface area contributed by atoms with E-state index in [0.29, 0.717) is 6.54 Å². The number of hydrogen-bond acceptors (Lipinski definition) is 5. The van der Waals surface area contributed by atoms with Gasteiger partial charge >= 0.3 is 0 Å². The standard InChI is InChI=1S/C15H20N4O2S/c20-15(14-13-12(4-6-16-14)18-10-19-13)17-5-2-8-22-9-11-3-1-7-21-11/h1,3,7,10,14,16H,2,4-6,8-9H2,(H,17,20)(H,18,19)/t14-/m1/s1. The maximum Gasteiger partial charge on any atom is 0.243 e. The van der Waals surface area contributed by atoms with E-state index in [9.17, 15) is 4.79 Å². The summed E-state index contributed by atoms with van der Waals surface area (Å²) in [4.78, 5) is 19.6. The van der Waals surface area contributed by atoms with Crippen molar-refractivity contribution < 1.29 is 9.21 Å². The summed E-state index contributed by atoms with van der Waals surface area (Å²) in [5.41, 5.74) is 1.89. The van der Waals surface area contributed by atoms with Gasteiger partial charge in [0.15, 0.2) is 0 Å². The van der Waals surface area contributed by atoms with Gasteiger partial charge in [-0.2, -0.15) is 11.8 Å².